The van der Waals surface area contributed by atoms with E-state index in [0.29, 0.717) is 29.1 Å². The molecule has 0 fully saturated rings. The summed E-state index contributed by atoms with van der Waals surface area (Å²) in [6, 6.07) is 17.5. The number of nitrogen functional groups attached to an aromatic ring is 1. The van der Waals surface area contributed by atoms with Gasteiger partial charge >= 0.3 is 0 Å². The van der Waals surface area contributed by atoms with Crippen molar-refractivity contribution in [1.82, 2.24) is 24.3 Å². The summed E-state index contributed by atoms with van der Waals surface area (Å²) >= 11 is 0. The molecule has 1 aromatic carbocycles. The molecule has 0 aliphatic carbocycles. The van der Waals surface area contributed by atoms with Crippen LogP contribution in [-0.2, 0) is 6.54 Å². The summed E-state index contributed by atoms with van der Waals surface area (Å²) in [5, 5.41) is 3.30. The van der Waals surface area contributed by atoms with Gasteiger partial charge in [-0.15, -0.1) is 0 Å². The van der Waals surface area contributed by atoms with Crippen molar-refractivity contribution in [2.75, 3.05) is 11.1 Å². The van der Waals surface area contributed by atoms with Crippen molar-refractivity contribution in [3.05, 3.63) is 82.5 Å². The second-order valence-corrected chi connectivity index (χ2v) is 7.03. The van der Waals surface area contributed by atoms with E-state index in [1.165, 1.54) is 0 Å². The summed E-state index contributed by atoms with van der Waals surface area (Å²) < 4.78 is 1.74. The molecule has 0 atom stereocenters. The highest BCUT2D eigenvalue weighted by molar-refractivity contribution is 5.83. The molecule has 5 aromatic rings. The lowest BCUT2D eigenvalue weighted by molar-refractivity contribution is 1.01. The van der Waals surface area contributed by atoms with Crippen molar-refractivity contribution < 1.29 is 0 Å². The number of aromatic nitrogens is 5. The minimum Gasteiger partial charge on any atom is -0.368 e. The lowest BCUT2D eigenvalue weighted by Gasteiger charge is -2.15. The number of nitrogens with one attached hydrogen (secondary N) is 2. The number of imidazole rings is 1. The van der Waals surface area contributed by atoms with Crippen LogP contribution in [0.15, 0.2) is 65.7 Å². The molecule has 8 nitrogen and oxygen atoms in total. The zero-order valence-corrected chi connectivity index (χ0v) is 16.3. The van der Waals surface area contributed by atoms with Crippen LogP contribution >= 0.6 is 0 Å². The Morgan fingerprint density at radius 1 is 1.10 bits per heavy atom. The van der Waals surface area contributed by atoms with E-state index in [9.17, 15) is 4.79 Å². The third-order valence-electron chi connectivity index (χ3n) is 5.09. The highest BCUT2D eigenvalue weighted by Crippen LogP contribution is 2.24. The molecule has 4 N–H and O–H groups in total. The second kappa shape index (κ2) is 7.00. The van der Waals surface area contributed by atoms with Gasteiger partial charge in [-0.3, -0.25) is 9.20 Å². The largest absolute Gasteiger partial charge is 0.368 e. The molecule has 0 aliphatic heterocycles. The van der Waals surface area contributed by atoms with E-state index in [2.05, 4.69) is 25.3 Å². The normalized spacial score (nSPS) is 11.2. The first-order valence-electron chi connectivity index (χ1n) is 9.52. The zero-order valence-electron chi connectivity index (χ0n) is 16.3. The van der Waals surface area contributed by atoms with E-state index in [4.69, 9.17) is 5.73 Å². The van der Waals surface area contributed by atoms with Crippen LogP contribution in [0.4, 0.5) is 11.8 Å². The third-order valence-corrected chi connectivity index (χ3v) is 5.09. The van der Waals surface area contributed by atoms with Crippen molar-refractivity contribution in [3.63, 3.8) is 0 Å². The number of aryl methyl sites for hydroxylation is 1. The maximum absolute atomic E-state index is 13.5. The van der Waals surface area contributed by atoms with Crippen molar-refractivity contribution in [2.24, 2.45) is 0 Å². The highest BCUT2D eigenvalue weighted by Gasteiger charge is 2.15. The first-order valence-corrected chi connectivity index (χ1v) is 9.52. The first kappa shape index (κ1) is 17.9. The summed E-state index contributed by atoms with van der Waals surface area (Å²) in [7, 11) is 0. The maximum Gasteiger partial charge on any atom is 0.263 e. The number of H-pyrrole nitrogens is 1. The number of hydrogen-bond donors (Lipinski definition) is 3. The number of fused-ring (bicyclic) bond motifs is 2. The fourth-order valence-corrected chi connectivity index (χ4v) is 3.74. The number of benzene rings is 1. The van der Waals surface area contributed by atoms with Gasteiger partial charge in [0.25, 0.3) is 5.56 Å². The number of hydrogen-bond acceptors (Lipinski definition) is 6. The van der Waals surface area contributed by atoms with Crippen molar-refractivity contribution in [3.8, 4) is 11.1 Å². The number of rotatable bonds is 4. The van der Waals surface area contributed by atoms with Gasteiger partial charge in [-0.1, -0.05) is 36.4 Å². The van der Waals surface area contributed by atoms with Crippen molar-refractivity contribution in [2.45, 2.75) is 13.5 Å². The Labute approximate surface area is 171 Å². The number of nitrogens with zero attached hydrogens (tertiary/aromatic N) is 4. The molecule has 4 aromatic heterocycles. The standard InChI is InChI=1S/C22H19N7O/c1-13-6-5-9-16-10-15(17(21(30)29(13)16)14-7-3-2-4-8-14)11-24-19-18-20(26-12-25-18)28-22(23)27-19/h2-10,12H,11H2,1H3,(H4,23,24,25,26,27,28). The molecule has 0 unspecified atom stereocenters. The van der Waals surface area contributed by atoms with E-state index in [1.807, 2.05) is 61.5 Å². The summed E-state index contributed by atoms with van der Waals surface area (Å²) in [5.41, 5.74) is 11.0. The highest BCUT2D eigenvalue weighted by atomic mass is 16.1. The first-order chi connectivity index (χ1) is 14.6. The van der Waals surface area contributed by atoms with E-state index >= 15 is 0 Å². The quantitative estimate of drug-likeness (QED) is 0.429. The molecule has 4 heterocycles. The molecule has 0 spiro atoms. The predicted molar refractivity (Wildman–Crippen MR) is 117 cm³/mol. The average Bonchev–Trinajstić information content (AvgIpc) is 3.21. The summed E-state index contributed by atoms with van der Waals surface area (Å²) in [4.78, 5) is 29.1. The van der Waals surface area contributed by atoms with Crippen LogP contribution in [0.1, 0.15) is 11.3 Å². The smallest absolute Gasteiger partial charge is 0.263 e. The van der Waals surface area contributed by atoms with Gasteiger partial charge in [-0.25, -0.2) is 4.98 Å². The molecule has 0 bridgehead atoms. The van der Waals surface area contributed by atoms with Crippen LogP contribution in [0.25, 0.3) is 27.8 Å². The van der Waals surface area contributed by atoms with Crippen LogP contribution in [0.3, 0.4) is 0 Å². The Hall–Kier alpha value is -4.20. The van der Waals surface area contributed by atoms with E-state index in [0.717, 1.165) is 22.3 Å². The van der Waals surface area contributed by atoms with Gasteiger partial charge < -0.3 is 16.0 Å². The van der Waals surface area contributed by atoms with Crippen LogP contribution in [-0.4, -0.2) is 24.3 Å². The predicted octanol–water partition coefficient (Wildman–Crippen LogP) is 3.14. The van der Waals surface area contributed by atoms with Gasteiger partial charge in [0.1, 0.15) is 5.52 Å². The Morgan fingerprint density at radius 2 is 1.93 bits per heavy atom. The molecule has 0 radical (unpaired) electrons. The molecule has 148 valence electrons. The van der Waals surface area contributed by atoms with Gasteiger partial charge in [0, 0.05) is 17.8 Å². The lowest BCUT2D eigenvalue weighted by atomic mass is 10.0. The average molecular weight is 397 g/mol. The van der Waals surface area contributed by atoms with Crippen molar-refractivity contribution >= 4 is 28.4 Å². The fraction of sp³-hybridized carbons (Fsp3) is 0.0909. The summed E-state index contributed by atoms with van der Waals surface area (Å²) in [6.07, 6.45) is 1.55. The van der Waals surface area contributed by atoms with Gasteiger partial charge in [0.05, 0.1) is 11.9 Å². The fourth-order valence-electron chi connectivity index (χ4n) is 3.74. The molecule has 8 heteroatoms. The van der Waals surface area contributed by atoms with Crippen LogP contribution in [0.2, 0.25) is 0 Å². The van der Waals surface area contributed by atoms with Gasteiger partial charge in [-0.05, 0) is 36.2 Å². The van der Waals surface area contributed by atoms with Gasteiger partial charge in [0.15, 0.2) is 11.5 Å². The van der Waals surface area contributed by atoms with Crippen LogP contribution < -0.4 is 16.6 Å². The number of nitrogens with two attached hydrogens (primary N) is 1. The van der Waals surface area contributed by atoms with E-state index in [1.54, 1.807) is 10.7 Å². The second-order valence-electron chi connectivity index (χ2n) is 7.03. The molecular weight excluding hydrogens is 378 g/mol. The minimum absolute atomic E-state index is 0.0533. The zero-order chi connectivity index (χ0) is 20.7. The minimum atomic E-state index is -0.0533. The maximum atomic E-state index is 13.5. The Morgan fingerprint density at radius 3 is 2.77 bits per heavy atom. The molecule has 0 saturated carbocycles. The molecule has 0 saturated heterocycles. The monoisotopic (exact) mass is 397 g/mol. The third kappa shape index (κ3) is 2.95. The van der Waals surface area contributed by atoms with Crippen LogP contribution in [0, 0.1) is 6.92 Å². The number of anilines is 2. The number of pyridine rings is 2. The van der Waals surface area contributed by atoms with E-state index < -0.39 is 0 Å². The van der Waals surface area contributed by atoms with Crippen LogP contribution in [0.5, 0.6) is 0 Å². The molecule has 30 heavy (non-hydrogen) atoms. The molecule has 5 rings (SSSR count). The van der Waals surface area contributed by atoms with E-state index in [-0.39, 0.29) is 11.5 Å². The molecule has 0 amide bonds. The Kier molecular flexibility index (Phi) is 4.17. The summed E-state index contributed by atoms with van der Waals surface area (Å²) in [6.45, 7) is 2.31. The summed E-state index contributed by atoms with van der Waals surface area (Å²) in [5.74, 6) is 0.674. The Bertz CT molecular complexity index is 1440. The van der Waals surface area contributed by atoms with Crippen molar-refractivity contribution in [1.29, 1.82) is 0 Å². The SMILES string of the molecule is Cc1cccc2cc(CNc3nc(N)nc4nc[nH]c34)c(-c3ccccc3)c(=O)n12. The van der Waals surface area contributed by atoms with Gasteiger partial charge in [0.2, 0.25) is 5.95 Å². The number of aromatic amines is 1. The Balaban J connectivity index is 1.66. The van der Waals surface area contributed by atoms with Gasteiger partial charge in [-0.2, -0.15) is 9.97 Å². The molecule has 0 aliphatic rings. The topological polar surface area (TPSA) is 114 Å². The molecular formula is C22H19N7O. The lowest BCUT2D eigenvalue weighted by Crippen LogP contribution is -2.21.